The SMILES string of the molecule is CCC(C)CC(=O)NCCCCC(NC(=O)COCCOCCNC(=O)CCC(NC(=O)C(CS(=O)(=O)O)NC(=O)C(C)(C)CC(C)(C)C(=O)O)C(=O)O)C(=O)O. The molecule has 4 unspecified atom stereocenters. The molecule has 0 saturated carbocycles. The van der Waals surface area contributed by atoms with Crippen LogP contribution in [-0.4, -0.2) is 139 Å². The van der Waals surface area contributed by atoms with Crippen LogP contribution in [0.2, 0.25) is 0 Å². The zero-order valence-corrected chi connectivity index (χ0v) is 34.3. The molecule has 5 amide bonds. The Labute approximate surface area is 332 Å². The van der Waals surface area contributed by atoms with Gasteiger partial charge in [-0.05, 0) is 51.9 Å². The predicted octanol–water partition coefficient (Wildman–Crippen LogP) is -0.323. The van der Waals surface area contributed by atoms with E-state index >= 15 is 0 Å². The van der Waals surface area contributed by atoms with Crippen molar-refractivity contribution in [2.45, 2.75) is 111 Å². The zero-order valence-electron chi connectivity index (χ0n) is 33.5. The third kappa shape index (κ3) is 24.1. The first kappa shape index (κ1) is 52.6. The van der Waals surface area contributed by atoms with Crippen LogP contribution < -0.4 is 26.6 Å². The fraction of sp³-hybridized carbons (Fsp3) is 0.771. The number of carboxylic acid groups (broad SMARTS) is 3. The maximum atomic E-state index is 13.0. The number of carbonyl (C=O) groups is 8. The molecule has 57 heavy (non-hydrogen) atoms. The van der Waals surface area contributed by atoms with E-state index in [0.29, 0.717) is 25.8 Å². The summed E-state index contributed by atoms with van der Waals surface area (Å²) in [6, 6.07) is -4.80. The molecule has 21 nitrogen and oxygen atoms in total. The van der Waals surface area contributed by atoms with Crippen LogP contribution in [0.1, 0.15) is 92.9 Å². The van der Waals surface area contributed by atoms with Crippen LogP contribution in [0.3, 0.4) is 0 Å². The summed E-state index contributed by atoms with van der Waals surface area (Å²) in [6.07, 6.45) is 1.40. The number of unbranched alkanes of at least 4 members (excludes halogenated alkanes) is 1. The number of carbonyl (C=O) groups excluding carboxylic acids is 5. The maximum absolute atomic E-state index is 13.0. The smallest absolute Gasteiger partial charge is 0.326 e. The summed E-state index contributed by atoms with van der Waals surface area (Å²) in [5.74, 6) is -8.60. The Morgan fingerprint density at radius 3 is 1.82 bits per heavy atom. The van der Waals surface area contributed by atoms with E-state index in [0.717, 1.165) is 6.42 Å². The number of amides is 5. The quantitative estimate of drug-likeness (QED) is 0.0319. The largest absolute Gasteiger partial charge is 0.481 e. The highest BCUT2D eigenvalue weighted by Crippen LogP contribution is 2.34. The fourth-order valence-corrected chi connectivity index (χ4v) is 5.93. The van der Waals surface area contributed by atoms with Crippen molar-refractivity contribution in [1.29, 1.82) is 0 Å². The van der Waals surface area contributed by atoms with Crippen molar-refractivity contribution in [1.82, 2.24) is 26.6 Å². The number of rotatable bonds is 31. The predicted molar refractivity (Wildman–Crippen MR) is 202 cm³/mol. The van der Waals surface area contributed by atoms with Crippen molar-refractivity contribution in [3.05, 3.63) is 0 Å². The molecule has 0 aliphatic heterocycles. The molecule has 4 atom stereocenters. The molecule has 0 bridgehead atoms. The molecule has 0 heterocycles. The molecule has 0 aromatic rings. The van der Waals surface area contributed by atoms with E-state index in [4.69, 9.17) is 9.47 Å². The van der Waals surface area contributed by atoms with Gasteiger partial charge in [0.15, 0.2) is 0 Å². The van der Waals surface area contributed by atoms with Crippen molar-refractivity contribution in [3.63, 3.8) is 0 Å². The highest BCUT2D eigenvalue weighted by atomic mass is 32.2. The summed E-state index contributed by atoms with van der Waals surface area (Å²) >= 11 is 0. The van der Waals surface area contributed by atoms with Gasteiger partial charge < -0.3 is 51.4 Å². The third-order valence-electron chi connectivity index (χ3n) is 8.63. The van der Waals surface area contributed by atoms with E-state index in [1.165, 1.54) is 27.7 Å². The number of nitrogens with one attached hydrogen (secondary N) is 5. The summed E-state index contributed by atoms with van der Waals surface area (Å²) < 4.78 is 43.1. The van der Waals surface area contributed by atoms with Gasteiger partial charge in [-0.25, -0.2) is 9.59 Å². The molecular weight excluding hydrogens is 778 g/mol. The maximum Gasteiger partial charge on any atom is 0.326 e. The highest BCUT2D eigenvalue weighted by Gasteiger charge is 2.41. The number of aliphatic carboxylic acids is 3. The summed E-state index contributed by atoms with van der Waals surface area (Å²) in [5, 5.41) is 40.3. The van der Waals surface area contributed by atoms with Crippen LogP contribution in [0.5, 0.6) is 0 Å². The van der Waals surface area contributed by atoms with Gasteiger partial charge in [-0.15, -0.1) is 0 Å². The summed E-state index contributed by atoms with van der Waals surface area (Å²) in [4.78, 5) is 97.1. The van der Waals surface area contributed by atoms with E-state index in [2.05, 4.69) is 21.3 Å². The molecule has 0 fully saturated rings. The lowest BCUT2D eigenvalue weighted by Crippen LogP contribution is -2.56. The topological polar surface area (TPSA) is 330 Å². The first-order valence-corrected chi connectivity index (χ1v) is 20.2. The van der Waals surface area contributed by atoms with E-state index in [-0.39, 0.29) is 51.0 Å². The van der Waals surface area contributed by atoms with E-state index in [1.807, 2.05) is 19.2 Å². The molecule has 328 valence electrons. The molecular formula is C35H61N5O16S. The molecule has 0 rings (SSSR count). The summed E-state index contributed by atoms with van der Waals surface area (Å²) in [6.45, 7) is 9.36. The van der Waals surface area contributed by atoms with E-state index < -0.39 is 106 Å². The Balaban J connectivity index is 4.65. The van der Waals surface area contributed by atoms with Gasteiger partial charge in [-0.1, -0.05) is 34.1 Å². The highest BCUT2D eigenvalue weighted by molar-refractivity contribution is 7.85. The van der Waals surface area contributed by atoms with Crippen LogP contribution in [0.25, 0.3) is 0 Å². The Hall–Kier alpha value is -4.41. The van der Waals surface area contributed by atoms with Crippen LogP contribution in [-0.2, 0) is 57.9 Å². The van der Waals surface area contributed by atoms with Crippen LogP contribution in [0.15, 0.2) is 0 Å². The molecule has 22 heteroatoms. The molecule has 0 spiro atoms. The Kier molecular flexibility index (Phi) is 23.8. The van der Waals surface area contributed by atoms with Gasteiger partial charge in [0, 0.05) is 31.3 Å². The van der Waals surface area contributed by atoms with Crippen LogP contribution in [0.4, 0.5) is 0 Å². The van der Waals surface area contributed by atoms with Gasteiger partial charge in [0.2, 0.25) is 29.5 Å². The molecule has 0 aromatic carbocycles. The van der Waals surface area contributed by atoms with Crippen molar-refractivity contribution < 1.29 is 76.1 Å². The average Bonchev–Trinajstić information content (AvgIpc) is 3.08. The van der Waals surface area contributed by atoms with Crippen molar-refractivity contribution in [3.8, 4) is 0 Å². The molecule has 9 N–H and O–H groups in total. The number of hydrogen-bond donors (Lipinski definition) is 9. The lowest BCUT2D eigenvalue weighted by atomic mass is 9.74. The summed E-state index contributed by atoms with van der Waals surface area (Å²) in [7, 11) is -4.88. The van der Waals surface area contributed by atoms with Crippen molar-refractivity contribution in [2.24, 2.45) is 16.7 Å². The Morgan fingerprint density at radius 2 is 1.26 bits per heavy atom. The van der Waals surface area contributed by atoms with E-state index in [1.54, 1.807) is 0 Å². The summed E-state index contributed by atoms with van der Waals surface area (Å²) in [5.41, 5.74) is -2.83. The van der Waals surface area contributed by atoms with Gasteiger partial charge in [-0.3, -0.25) is 33.3 Å². The van der Waals surface area contributed by atoms with Crippen LogP contribution >= 0.6 is 0 Å². The van der Waals surface area contributed by atoms with Gasteiger partial charge in [0.25, 0.3) is 10.1 Å². The van der Waals surface area contributed by atoms with Gasteiger partial charge >= 0.3 is 17.9 Å². The monoisotopic (exact) mass is 839 g/mol. The first-order chi connectivity index (χ1) is 26.3. The van der Waals surface area contributed by atoms with Crippen LogP contribution in [0, 0.1) is 16.7 Å². The van der Waals surface area contributed by atoms with E-state index in [9.17, 15) is 66.6 Å². The third-order valence-corrected chi connectivity index (χ3v) is 9.39. The average molecular weight is 840 g/mol. The minimum Gasteiger partial charge on any atom is -0.481 e. The lowest BCUT2D eigenvalue weighted by molar-refractivity contribution is -0.150. The number of hydrogen-bond acceptors (Lipinski definition) is 12. The normalized spacial score (nSPS) is 13.9. The second-order valence-electron chi connectivity index (χ2n) is 15.0. The Morgan fingerprint density at radius 1 is 0.684 bits per heavy atom. The lowest BCUT2D eigenvalue weighted by Gasteiger charge is -2.32. The first-order valence-electron chi connectivity index (χ1n) is 18.5. The molecule has 0 aliphatic carbocycles. The zero-order chi connectivity index (χ0) is 44.0. The Bertz CT molecular complexity index is 1490. The molecule has 0 aliphatic rings. The standard InChI is InChI=1S/C35H61N5O16S/c1-7-22(2)18-27(42)36-13-9-8-10-23(30(45)46)38-28(43)19-56-17-16-55-15-14-37-26(41)12-11-24(31(47)48)39-29(44)25(20-57(52,53)54)40-32(49)34(3,4)21-35(5,6)33(50)51/h22-25H,7-21H2,1-6H3,(H,36,42)(H,37,41)(H,38,43)(H,39,44)(H,40,49)(H,45,46)(H,47,48)(H,50,51)(H,52,53,54). The van der Waals surface area contributed by atoms with Gasteiger partial charge in [-0.2, -0.15) is 8.42 Å². The minimum atomic E-state index is -4.88. The fourth-order valence-electron chi connectivity index (χ4n) is 5.28. The number of carboxylic acids is 3. The van der Waals surface area contributed by atoms with Crippen molar-refractivity contribution in [2.75, 3.05) is 45.3 Å². The minimum absolute atomic E-state index is 0.00340. The van der Waals surface area contributed by atoms with Gasteiger partial charge in [0.05, 0.1) is 25.2 Å². The molecule has 0 aromatic heterocycles. The second kappa shape index (κ2) is 25.8. The molecule has 0 saturated heterocycles. The molecule has 0 radical (unpaired) electrons. The van der Waals surface area contributed by atoms with Crippen molar-refractivity contribution >= 4 is 57.6 Å². The second-order valence-corrected chi connectivity index (χ2v) is 16.5. The number of ether oxygens (including phenoxy) is 2. The van der Waals surface area contributed by atoms with Gasteiger partial charge in [0.1, 0.15) is 30.5 Å².